The predicted octanol–water partition coefficient (Wildman–Crippen LogP) is 0.579. The quantitative estimate of drug-likeness (QED) is 0.793. The summed E-state index contributed by atoms with van der Waals surface area (Å²) in [5.41, 5.74) is -1.84. The lowest BCUT2D eigenvalue weighted by atomic mass is 9.85. The van der Waals surface area contributed by atoms with E-state index in [1.54, 1.807) is 0 Å². The molecule has 1 amide bonds. The molecule has 8 heteroatoms. The lowest BCUT2D eigenvalue weighted by Crippen LogP contribution is -2.49. The number of pyridine rings is 1. The molecule has 2 heterocycles. The van der Waals surface area contributed by atoms with Crippen molar-refractivity contribution in [1.29, 1.82) is 0 Å². The van der Waals surface area contributed by atoms with Crippen molar-refractivity contribution in [2.24, 2.45) is 5.41 Å². The number of nitrogens with zero attached hydrogens (tertiary/aromatic N) is 1. The van der Waals surface area contributed by atoms with Gasteiger partial charge in [-0.05, 0) is 13.0 Å². The number of ether oxygens (including phenoxy) is 1. The molecule has 0 saturated carbocycles. The second-order valence-electron chi connectivity index (χ2n) is 4.73. The predicted molar refractivity (Wildman–Crippen MR) is 62.0 cm³/mol. The van der Waals surface area contributed by atoms with Crippen LogP contribution in [0.15, 0.2) is 12.3 Å². The van der Waals surface area contributed by atoms with Crippen LogP contribution in [0.1, 0.15) is 17.3 Å². The summed E-state index contributed by atoms with van der Waals surface area (Å²) in [5, 5.41) is 11.5. The van der Waals surface area contributed by atoms with Crippen molar-refractivity contribution in [3.63, 3.8) is 0 Å². The van der Waals surface area contributed by atoms with E-state index in [1.165, 1.54) is 6.92 Å². The zero-order valence-electron chi connectivity index (χ0n) is 10.5. The van der Waals surface area contributed by atoms with Crippen LogP contribution < -0.4 is 5.32 Å². The number of hydrogen-bond acceptors (Lipinski definition) is 4. The van der Waals surface area contributed by atoms with Crippen molar-refractivity contribution in [3.8, 4) is 0 Å². The van der Waals surface area contributed by atoms with Crippen LogP contribution in [0, 0.1) is 17.2 Å². The third-order valence-corrected chi connectivity index (χ3v) is 3.34. The molecule has 20 heavy (non-hydrogen) atoms. The molecule has 108 valence electrons. The Morgan fingerprint density at radius 3 is 2.90 bits per heavy atom. The lowest BCUT2D eigenvalue weighted by Gasteiger charge is -2.25. The molecule has 1 fully saturated rings. The summed E-state index contributed by atoms with van der Waals surface area (Å²) in [5.74, 6) is -4.81. The van der Waals surface area contributed by atoms with Gasteiger partial charge in [0.05, 0.1) is 24.8 Å². The van der Waals surface area contributed by atoms with Crippen LogP contribution in [0.4, 0.5) is 8.78 Å². The molecule has 0 aliphatic carbocycles. The van der Waals surface area contributed by atoms with Crippen LogP contribution in [0.5, 0.6) is 0 Å². The van der Waals surface area contributed by atoms with Crippen LogP contribution in [0.3, 0.4) is 0 Å². The summed E-state index contributed by atoms with van der Waals surface area (Å²) in [7, 11) is 0. The first-order valence-corrected chi connectivity index (χ1v) is 5.78. The van der Waals surface area contributed by atoms with Crippen molar-refractivity contribution in [3.05, 3.63) is 29.6 Å². The molecule has 1 aliphatic rings. The van der Waals surface area contributed by atoms with Crippen LogP contribution in [0.25, 0.3) is 0 Å². The number of carboxylic acid groups (broad SMARTS) is 1. The molecule has 0 bridgehead atoms. The molecule has 2 rings (SSSR count). The largest absolute Gasteiger partial charge is 0.481 e. The summed E-state index contributed by atoms with van der Waals surface area (Å²) in [6, 6.07) is 0.185. The average Bonchev–Trinajstić information content (AvgIpc) is 2.75. The van der Waals surface area contributed by atoms with E-state index in [4.69, 9.17) is 9.84 Å². The SMILES string of the molecule is CC1(C(=O)O)COCC1NC(=O)c1ccnc(F)c1F. The van der Waals surface area contributed by atoms with Gasteiger partial charge >= 0.3 is 5.97 Å². The van der Waals surface area contributed by atoms with Crippen LogP contribution in [-0.2, 0) is 9.53 Å². The number of hydrogen-bond donors (Lipinski definition) is 2. The minimum atomic E-state index is -1.39. The van der Waals surface area contributed by atoms with Crippen LogP contribution >= 0.6 is 0 Å². The lowest BCUT2D eigenvalue weighted by molar-refractivity contribution is -0.148. The molecule has 2 unspecified atom stereocenters. The Hall–Kier alpha value is -2.09. The van der Waals surface area contributed by atoms with E-state index in [9.17, 15) is 18.4 Å². The zero-order valence-corrected chi connectivity index (χ0v) is 10.5. The van der Waals surface area contributed by atoms with Crippen molar-refractivity contribution in [2.45, 2.75) is 13.0 Å². The molecule has 0 spiro atoms. The number of aromatic nitrogens is 1. The van der Waals surface area contributed by atoms with Crippen molar-refractivity contribution < 1.29 is 28.2 Å². The molecule has 1 aliphatic heterocycles. The van der Waals surface area contributed by atoms with E-state index in [0.717, 1.165) is 12.3 Å². The highest BCUT2D eigenvalue weighted by Crippen LogP contribution is 2.29. The topological polar surface area (TPSA) is 88.5 Å². The van der Waals surface area contributed by atoms with Gasteiger partial charge in [-0.1, -0.05) is 0 Å². The average molecular weight is 286 g/mol. The first kappa shape index (κ1) is 14.3. The van der Waals surface area contributed by atoms with Gasteiger partial charge in [0.25, 0.3) is 5.91 Å². The Morgan fingerprint density at radius 2 is 2.25 bits per heavy atom. The Balaban J connectivity index is 2.20. The number of rotatable bonds is 3. The number of carboxylic acids is 1. The summed E-state index contributed by atoms with van der Waals surface area (Å²) in [6.07, 6.45) is 0.953. The van der Waals surface area contributed by atoms with Crippen LogP contribution in [-0.4, -0.2) is 41.2 Å². The number of amides is 1. The number of halogens is 2. The normalized spacial score (nSPS) is 25.4. The Labute approximate surface area is 112 Å². The van der Waals surface area contributed by atoms with E-state index in [0.29, 0.717) is 0 Å². The third-order valence-electron chi connectivity index (χ3n) is 3.34. The van der Waals surface area contributed by atoms with E-state index >= 15 is 0 Å². The second-order valence-corrected chi connectivity index (χ2v) is 4.73. The smallest absolute Gasteiger partial charge is 0.313 e. The van der Waals surface area contributed by atoms with Gasteiger partial charge in [0, 0.05) is 6.20 Å². The second kappa shape index (κ2) is 5.12. The summed E-state index contributed by atoms with van der Waals surface area (Å²) in [6.45, 7) is 1.33. The standard InChI is InChI=1S/C12H12F2N2O4/c1-12(11(18)19)5-20-4-7(12)16-10(17)6-2-3-15-9(14)8(6)13/h2-3,7H,4-5H2,1H3,(H,16,17)(H,18,19). The molecule has 6 nitrogen and oxygen atoms in total. The van der Waals surface area contributed by atoms with Crippen molar-refractivity contribution in [1.82, 2.24) is 10.3 Å². The highest BCUT2D eigenvalue weighted by atomic mass is 19.2. The fourth-order valence-corrected chi connectivity index (χ4v) is 1.91. The molecule has 2 N–H and O–H groups in total. The van der Waals surface area contributed by atoms with Gasteiger partial charge in [0.1, 0.15) is 5.41 Å². The number of nitrogens with one attached hydrogen (secondary N) is 1. The van der Waals surface area contributed by atoms with Gasteiger partial charge in [-0.3, -0.25) is 9.59 Å². The van der Waals surface area contributed by atoms with E-state index in [2.05, 4.69) is 10.3 Å². The first-order valence-electron chi connectivity index (χ1n) is 5.78. The maximum Gasteiger partial charge on any atom is 0.313 e. The Kier molecular flexibility index (Phi) is 3.67. The maximum absolute atomic E-state index is 13.4. The highest BCUT2D eigenvalue weighted by Gasteiger charge is 2.47. The molecular formula is C12H12F2N2O4. The van der Waals surface area contributed by atoms with E-state index in [1.807, 2.05) is 0 Å². The molecular weight excluding hydrogens is 274 g/mol. The molecule has 1 aromatic rings. The van der Waals surface area contributed by atoms with Crippen molar-refractivity contribution in [2.75, 3.05) is 13.2 Å². The summed E-state index contributed by atoms with van der Waals surface area (Å²) >= 11 is 0. The summed E-state index contributed by atoms with van der Waals surface area (Å²) in [4.78, 5) is 26.2. The maximum atomic E-state index is 13.4. The van der Waals surface area contributed by atoms with Gasteiger partial charge in [-0.15, -0.1) is 0 Å². The van der Waals surface area contributed by atoms with Crippen molar-refractivity contribution >= 4 is 11.9 Å². The fraction of sp³-hybridized carbons (Fsp3) is 0.417. The highest BCUT2D eigenvalue weighted by molar-refractivity contribution is 5.95. The van der Waals surface area contributed by atoms with Gasteiger partial charge < -0.3 is 15.2 Å². The fourth-order valence-electron chi connectivity index (χ4n) is 1.91. The number of carbonyl (C=O) groups excluding carboxylic acids is 1. The van der Waals surface area contributed by atoms with E-state index < -0.39 is 40.7 Å². The van der Waals surface area contributed by atoms with Crippen LogP contribution in [0.2, 0.25) is 0 Å². The Morgan fingerprint density at radius 1 is 1.55 bits per heavy atom. The molecule has 1 aromatic heterocycles. The molecule has 0 aromatic carbocycles. The van der Waals surface area contributed by atoms with Gasteiger partial charge in [0.15, 0.2) is 5.82 Å². The Bertz CT molecular complexity index is 566. The minimum absolute atomic E-state index is 0.0102. The third kappa shape index (κ3) is 2.34. The van der Waals surface area contributed by atoms with Gasteiger partial charge in [-0.25, -0.2) is 9.37 Å². The minimum Gasteiger partial charge on any atom is -0.481 e. The monoisotopic (exact) mass is 286 g/mol. The first-order chi connectivity index (χ1) is 9.36. The molecule has 1 saturated heterocycles. The number of carbonyl (C=O) groups is 2. The van der Waals surface area contributed by atoms with E-state index in [-0.39, 0.29) is 13.2 Å². The van der Waals surface area contributed by atoms with Gasteiger partial charge in [0.2, 0.25) is 5.95 Å². The number of aliphatic carboxylic acids is 1. The summed E-state index contributed by atoms with van der Waals surface area (Å²) < 4.78 is 31.4. The zero-order chi connectivity index (χ0) is 14.9. The molecule has 0 radical (unpaired) electrons. The molecule has 2 atom stereocenters. The van der Waals surface area contributed by atoms with Gasteiger partial charge in [-0.2, -0.15) is 4.39 Å².